The Hall–Kier alpha value is -3.14. The van der Waals surface area contributed by atoms with Crippen LogP contribution in [0.4, 0.5) is 0 Å². The van der Waals surface area contributed by atoms with Crippen LogP contribution in [-0.4, -0.2) is 15.8 Å². The second-order valence-electron chi connectivity index (χ2n) is 6.62. The zero-order valence-corrected chi connectivity index (χ0v) is 14.0. The lowest BCUT2D eigenvalue weighted by Crippen LogP contribution is -2.29. The zero-order chi connectivity index (χ0) is 17.0. The molecule has 122 valence electrons. The van der Waals surface area contributed by atoms with Gasteiger partial charge < -0.3 is 9.47 Å². The van der Waals surface area contributed by atoms with Crippen LogP contribution in [0.25, 0.3) is 33.1 Å². The predicted molar refractivity (Wildman–Crippen MR) is 97.8 cm³/mol. The average molecular weight is 328 g/mol. The minimum absolute atomic E-state index is 0.697. The largest absolute Gasteiger partial charge is 0.448 e. The van der Waals surface area contributed by atoms with E-state index >= 15 is 0 Å². The van der Waals surface area contributed by atoms with Crippen LogP contribution < -0.4 is 9.47 Å². The van der Waals surface area contributed by atoms with Crippen LogP contribution in [0.1, 0.15) is 13.8 Å². The quantitative estimate of drug-likeness (QED) is 0.463. The minimum atomic E-state index is -0.697. The molecule has 0 N–H and O–H groups in total. The van der Waals surface area contributed by atoms with E-state index in [0.717, 1.165) is 44.6 Å². The molecule has 0 bridgehead atoms. The summed E-state index contributed by atoms with van der Waals surface area (Å²) < 4.78 is 12.1. The number of nitrogens with zero attached hydrogens (tertiary/aromatic N) is 2. The first kappa shape index (κ1) is 14.2. The Morgan fingerprint density at radius 1 is 0.760 bits per heavy atom. The average Bonchev–Trinajstić information content (AvgIpc) is 2.98. The van der Waals surface area contributed by atoms with Crippen LogP contribution in [0.5, 0.6) is 11.5 Å². The van der Waals surface area contributed by atoms with E-state index in [1.807, 2.05) is 56.3 Å². The van der Waals surface area contributed by atoms with Crippen molar-refractivity contribution in [3.8, 4) is 22.8 Å². The molecule has 4 aromatic rings. The van der Waals surface area contributed by atoms with E-state index in [1.54, 1.807) is 6.20 Å². The van der Waals surface area contributed by atoms with Crippen molar-refractivity contribution < 1.29 is 9.47 Å². The highest BCUT2D eigenvalue weighted by molar-refractivity contribution is 6.10. The van der Waals surface area contributed by atoms with Crippen molar-refractivity contribution in [2.45, 2.75) is 19.6 Å². The first-order valence-corrected chi connectivity index (χ1v) is 8.27. The van der Waals surface area contributed by atoms with E-state index in [9.17, 15) is 0 Å². The summed E-state index contributed by atoms with van der Waals surface area (Å²) in [5.41, 5.74) is 3.65. The molecular weight excluding hydrogens is 312 g/mol. The van der Waals surface area contributed by atoms with E-state index in [4.69, 9.17) is 14.5 Å². The van der Waals surface area contributed by atoms with Crippen molar-refractivity contribution in [3.05, 3.63) is 60.8 Å². The van der Waals surface area contributed by atoms with E-state index in [2.05, 4.69) is 17.1 Å². The standard InChI is InChI=1S/C21H16N2O2/c1-21(2)24-19-14-9-6-12-22-17(14)18-15(20(19)25-21)10-11-16(23-18)13-7-4-3-5-8-13/h3-12H,1-2H3. The van der Waals surface area contributed by atoms with Gasteiger partial charge in [-0.05, 0) is 24.3 Å². The molecule has 2 aromatic carbocycles. The fourth-order valence-corrected chi connectivity index (χ4v) is 3.33. The lowest BCUT2D eigenvalue weighted by atomic mass is 10.1. The molecule has 3 heterocycles. The van der Waals surface area contributed by atoms with Gasteiger partial charge in [-0.1, -0.05) is 30.3 Å². The van der Waals surface area contributed by atoms with E-state index in [-0.39, 0.29) is 0 Å². The van der Waals surface area contributed by atoms with Gasteiger partial charge in [-0.3, -0.25) is 4.98 Å². The molecular formula is C21H16N2O2. The maximum atomic E-state index is 6.07. The third kappa shape index (κ3) is 2.14. The SMILES string of the molecule is CC1(C)Oc2c(c3ccc(-c4ccccc4)nc3c3ncccc23)O1. The summed E-state index contributed by atoms with van der Waals surface area (Å²) >= 11 is 0. The highest BCUT2D eigenvalue weighted by Gasteiger charge is 2.35. The molecule has 0 atom stereocenters. The fourth-order valence-electron chi connectivity index (χ4n) is 3.33. The zero-order valence-electron chi connectivity index (χ0n) is 14.0. The van der Waals surface area contributed by atoms with E-state index in [0.29, 0.717) is 0 Å². The van der Waals surface area contributed by atoms with Gasteiger partial charge in [0.1, 0.15) is 11.0 Å². The van der Waals surface area contributed by atoms with Crippen molar-refractivity contribution >= 4 is 21.8 Å². The molecule has 0 unspecified atom stereocenters. The number of fused-ring (bicyclic) bond motifs is 6. The lowest BCUT2D eigenvalue weighted by Gasteiger charge is -2.16. The monoisotopic (exact) mass is 328 g/mol. The van der Waals surface area contributed by atoms with Crippen LogP contribution in [0, 0.1) is 0 Å². The number of aromatic nitrogens is 2. The van der Waals surface area contributed by atoms with Gasteiger partial charge in [0.15, 0.2) is 11.5 Å². The lowest BCUT2D eigenvalue weighted by molar-refractivity contribution is -0.0420. The Morgan fingerprint density at radius 3 is 2.24 bits per heavy atom. The van der Waals surface area contributed by atoms with Crippen molar-refractivity contribution in [2.24, 2.45) is 0 Å². The van der Waals surface area contributed by atoms with Gasteiger partial charge in [-0.25, -0.2) is 4.98 Å². The molecule has 0 saturated heterocycles. The highest BCUT2D eigenvalue weighted by atomic mass is 16.7. The van der Waals surface area contributed by atoms with Crippen molar-refractivity contribution in [1.82, 2.24) is 9.97 Å². The molecule has 0 amide bonds. The number of hydrogen-bond acceptors (Lipinski definition) is 4. The van der Waals surface area contributed by atoms with E-state index < -0.39 is 5.79 Å². The van der Waals surface area contributed by atoms with E-state index in [1.165, 1.54) is 0 Å². The van der Waals surface area contributed by atoms with Crippen LogP contribution in [0.15, 0.2) is 60.8 Å². The summed E-state index contributed by atoms with van der Waals surface area (Å²) in [7, 11) is 0. The molecule has 0 fully saturated rings. The van der Waals surface area contributed by atoms with Gasteiger partial charge in [-0.15, -0.1) is 0 Å². The predicted octanol–water partition coefficient (Wildman–Crippen LogP) is 4.96. The van der Waals surface area contributed by atoms with Gasteiger partial charge in [0.05, 0.1) is 5.69 Å². The van der Waals surface area contributed by atoms with Crippen molar-refractivity contribution in [3.63, 3.8) is 0 Å². The summed E-state index contributed by atoms with van der Waals surface area (Å²) in [5, 5.41) is 1.85. The number of benzene rings is 2. The molecule has 4 heteroatoms. The number of ether oxygens (including phenoxy) is 2. The molecule has 0 saturated carbocycles. The molecule has 0 radical (unpaired) electrons. The molecule has 2 aromatic heterocycles. The molecule has 1 aliphatic heterocycles. The maximum Gasteiger partial charge on any atom is 0.246 e. The Bertz CT molecular complexity index is 1120. The maximum absolute atomic E-state index is 6.07. The van der Waals surface area contributed by atoms with Gasteiger partial charge in [0.25, 0.3) is 0 Å². The summed E-state index contributed by atoms with van der Waals surface area (Å²) in [5.74, 6) is 0.791. The Labute approximate surface area is 145 Å². The fraction of sp³-hybridized carbons (Fsp3) is 0.143. The number of pyridine rings is 2. The van der Waals surface area contributed by atoms with Crippen LogP contribution in [-0.2, 0) is 0 Å². The second kappa shape index (κ2) is 4.93. The summed E-state index contributed by atoms with van der Waals surface area (Å²) in [6, 6.07) is 18.1. The first-order valence-electron chi connectivity index (χ1n) is 8.27. The minimum Gasteiger partial charge on any atom is -0.448 e. The highest BCUT2D eigenvalue weighted by Crippen LogP contribution is 2.49. The summed E-state index contributed by atoms with van der Waals surface area (Å²) in [6.07, 6.45) is 1.78. The Kier molecular flexibility index (Phi) is 2.80. The third-order valence-electron chi connectivity index (χ3n) is 4.39. The van der Waals surface area contributed by atoms with Gasteiger partial charge in [0.2, 0.25) is 5.79 Å². The smallest absolute Gasteiger partial charge is 0.246 e. The van der Waals surface area contributed by atoms with Crippen LogP contribution >= 0.6 is 0 Å². The van der Waals surface area contributed by atoms with Crippen LogP contribution in [0.2, 0.25) is 0 Å². The molecule has 0 aliphatic carbocycles. The van der Waals surface area contributed by atoms with Gasteiger partial charge >= 0.3 is 0 Å². The van der Waals surface area contributed by atoms with Crippen molar-refractivity contribution in [2.75, 3.05) is 0 Å². The molecule has 5 rings (SSSR count). The number of rotatable bonds is 1. The van der Waals surface area contributed by atoms with Crippen LogP contribution in [0.3, 0.4) is 0 Å². The van der Waals surface area contributed by atoms with Gasteiger partial charge in [0, 0.05) is 36.4 Å². The Balaban J connectivity index is 1.87. The summed E-state index contributed by atoms with van der Waals surface area (Å²) in [4.78, 5) is 9.47. The molecule has 25 heavy (non-hydrogen) atoms. The topological polar surface area (TPSA) is 44.2 Å². The van der Waals surface area contributed by atoms with Crippen molar-refractivity contribution in [1.29, 1.82) is 0 Å². The Morgan fingerprint density at radius 2 is 1.48 bits per heavy atom. The molecule has 1 aliphatic rings. The number of hydrogen-bond donors (Lipinski definition) is 0. The second-order valence-corrected chi connectivity index (χ2v) is 6.62. The normalized spacial score (nSPS) is 15.0. The third-order valence-corrected chi connectivity index (χ3v) is 4.39. The molecule has 0 spiro atoms. The molecule has 4 nitrogen and oxygen atoms in total. The first-order chi connectivity index (χ1) is 12.1. The van der Waals surface area contributed by atoms with Gasteiger partial charge in [-0.2, -0.15) is 0 Å². The summed E-state index contributed by atoms with van der Waals surface area (Å²) in [6.45, 7) is 3.82.